The van der Waals surface area contributed by atoms with Gasteiger partial charge in [-0.2, -0.15) is 13.2 Å². The number of hydrogen-bond donors (Lipinski definition) is 2. The number of hydrogen-bond acceptors (Lipinski definition) is 6. The van der Waals surface area contributed by atoms with Crippen molar-refractivity contribution in [3.05, 3.63) is 35.2 Å². The number of nitrogens with one attached hydrogen (secondary N) is 2. The molecule has 0 radical (unpaired) electrons. The topological polar surface area (TPSA) is 80.3 Å². The molecule has 1 amide bonds. The van der Waals surface area contributed by atoms with Crippen molar-refractivity contribution in [2.24, 2.45) is 0 Å². The molecule has 0 aliphatic carbocycles. The third kappa shape index (κ3) is 7.72. The molecule has 0 aromatic carbocycles. The van der Waals surface area contributed by atoms with Gasteiger partial charge < -0.3 is 4.74 Å². The fourth-order valence-corrected chi connectivity index (χ4v) is 4.42. The highest BCUT2D eigenvalue weighted by Crippen LogP contribution is 2.44. The highest BCUT2D eigenvalue weighted by Gasteiger charge is 2.39. The Hall–Kier alpha value is -2.23. The standard InChI is InChI=1S/C22H30F3N3O3S/c1-4-5-6-7-8-9-10-21(3)17(12-19(30)32-21)31-14-18(29)27-28-20-15(2)11-16(13-26-20)22(23,24)25/h11-13H,4-10,14H2,1-3H3,(H,26,28)(H,27,29). The molecular weight excluding hydrogens is 443 g/mol. The number of ether oxygens (including phenoxy) is 1. The quantitative estimate of drug-likeness (QED) is 0.307. The predicted octanol–water partition coefficient (Wildman–Crippen LogP) is 5.54. The summed E-state index contributed by atoms with van der Waals surface area (Å²) in [7, 11) is 0. The van der Waals surface area contributed by atoms with Gasteiger partial charge in [-0.15, -0.1) is 0 Å². The smallest absolute Gasteiger partial charge is 0.417 e. The molecule has 2 heterocycles. The Morgan fingerprint density at radius 1 is 1.22 bits per heavy atom. The average molecular weight is 474 g/mol. The van der Waals surface area contributed by atoms with E-state index in [1.807, 2.05) is 6.92 Å². The number of nitrogens with zero attached hydrogens (tertiary/aromatic N) is 1. The second-order valence-electron chi connectivity index (χ2n) is 8.03. The molecule has 1 aromatic heterocycles. The van der Waals surface area contributed by atoms with Crippen LogP contribution in [0.5, 0.6) is 0 Å². The second kappa shape index (κ2) is 11.6. The summed E-state index contributed by atoms with van der Waals surface area (Å²) >= 11 is 1.21. The van der Waals surface area contributed by atoms with Crippen LogP contribution in [-0.2, 0) is 20.5 Å². The molecule has 0 saturated carbocycles. The predicted molar refractivity (Wildman–Crippen MR) is 119 cm³/mol. The number of hydrazine groups is 1. The van der Waals surface area contributed by atoms with E-state index in [9.17, 15) is 22.8 Å². The molecule has 6 nitrogen and oxygen atoms in total. The lowest BCUT2D eigenvalue weighted by Gasteiger charge is -2.26. The highest BCUT2D eigenvalue weighted by atomic mass is 32.2. The van der Waals surface area contributed by atoms with E-state index in [4.69, 9.17) is 4.74 Å². The van der Waals surface area contributed by atoms with Crippen molar-refractivity contribution in [2.45, 2.75) is 76.6 Å². The number of alkyl halides is 3. The van der Waals surface area contributed by atoms with Crippen molar-refractivity contribution in [2.75, 3.05) is 12.0 Å². The minimum Gasteiger partial charge on any atom is -0.486 e. The normalized spacial score (nSPS) is 18.4. The molecule has 1 aromatic rings. The van der Waals surface area contributed by atoms with E-state index < -0.39 is 22.4 Å². The van der Waals surface area contributed by atoms with E-state index >= 15 is 0 Å². The lowest BCUT2D eigenvalue weighted by Crippen LogP contribution is -2.34. The first-order valence-corrected chi connectivity index (χ1v) is 11.5. The highest BCUT2D eigenvalue weighted by molar-refractivity contribution is 8.15. The number of anilines is 1. The van der Waals surface area contributed by atoms with Crippen molar-refractivity contribution in [3.8, 4) is 0 Å². The second-order valence-corrected chi connectivity index (χ2v) is 9.53. The van der Waals surface area contributed by atoms with E-state index in [2.05, 4.69) is 22.8 Å². The molecule has 2 N–H and O–H groups in total. The van der Waals surface area contributed by atoms with Gasteiger partial charge in [-0.25, -0.2) is 4.98 Å². The number of thioether (sulfide) groups is 1. The largest absolute Gasteiger partial charge is 0.486 e. The van der Waals surface area contributed by atoms with Gasteiger partial charge >= 0.3 is 6.18 Å². The molecule has 0 spiro atoms. The number of carbonyl (C=O) groups excluding carboxylic acids is 2. The molecule has 1 aliphatic rings. The molecule has 1 atom stereocenters. The zero-order valence-electron chi connectivity index (χ0n) is 18.6. The van der Waals surface area contributed by atoms with Gasteiger partial charge in [0, 0.05) is 12.3 Å². The van der Waals surface area contributed by atoms with E-state index in [1.54, 1.807) is 0 Å². The van der Waals surface area contributed by atoms with Crippen molar-refractivity contribution >= 4 is 28.6 Å². The van der Waals surface area contributed by atoms with Gasteiger partial charge in [0.25, 0.3) is 5.91 Å². The molecule has 32 heavy (non-hydrogen) atoms. The number of aryl methyl sites for hydroxylation is 1. The Balaban J connectivity index is 1.82. The molecule has 0 fully saturated rings. The third-order valence-corrected chi connectivity index (χ3v) is 6.36. The number of rotatable bonds is 12. The Morgan fingerprint density at radius 2 is 1.91 bits per heavy atom. The van der Waals surface area contributed by atoms with Crippen LogP contribution in [0.15, 0.2) is 24.1 Å². The zero-order chi connectivity index (χ0) is 23.8. The number of halogens is 3. The number of unbranched alkanes of at least 4 members (excludes halogenated alkanes) is 5. The molecular formula is C22H30F3N3O3S. The van der Waals surface area contributed by atoms with Gasteiger partial charge in [-0.3, -0.25) is 20.4 Å². The first-order chi connectivity index (χ1) is 15.0. The Bertz CT molecular complexity index is 845. The number of amides is 1. The van der Waals surface area contributed by atoms with E-state index in [0.717, 1.165) is 31.7 Å². The summed E-state index contributed by atoms with van der Waals surface area (Å²) in [6.07, 6.45) is 5.23. The molecule has 1 aliphatic heterocycles. The fourth-order valence-electron chi connectivity index (χ4n) is 3.34. The summed E-state index contributed by atoms with van der Waals surface area (Å²) < 4.78 is 43.3. The fraction of sp³-hybridized carbons (Fsp3) is 0.591. The Labute approximate surface area is 190 Å². The maximum atomic E-state index is 12.7. The van der Waals surface area contributed by atoms with Crippen LogP contribution in [0, 0.1) is 6.92 Å². The van der Waals surface area contributed by atoms with Crippen LogP contribution in [0.25, 0.3) is 0 Å². The minimum absolute atomic E-state index is 0.100. The van der Waals surface area contributed by atoms with Gasteiger partial charge in [0.05, 0.1) is 10.3 Å². The first-order valence-electron chi connectivity index (χ1n) is 10.7. The van der Waals surface area contributed by atoms with Crippen molar-refractivity contribution < 1.29 is 27.5 Å². The molecule has 0 saturated heterocycles. The minimum atomic E-state index is -4.49. The van der Waals surface area contributed by atoms with Crippen LogP contribution < -0.4 is 10.9 Å². The Morgan fingerprint density at radius 3 is 2.56 bits per heavy atom. The van der Waals surface area contributed by atoms with Gasteiger partial charge in [0.1, 0.15) is 11.6 Å². The van der Waals surface area contributed by atoms with E-state index in [-0.39, 0.29) is 23.1 Å². The monoisotopic (exact) mass is 473 g/mol. The number of carbonyl (C=O) groups is 2. The van der Waals surface area contributed by atoms with Crippen LogP contribution >= 0.6 is 11.8 Å². The summed E-state index contributed by atoms with van der Waals surface area (Å²) in [5, 5.41) is -0.100. The van der Waals surface area contributed by atoms with Gasteiger partial charge in [0.2, 0.25) is 5.12 Å². The number of pyridine rings is 1. The van der Waals surface area contributed by atoms with Crippen LogP contribution in [0.4, 0.5) is 19.0 Å². The molecule has 178 valence electrons. The Kier molecular flexibility index (Phi) is 9.42. The van der Waals surface area contributed by atoms with Gasteiger partial charge in [0.15, 0.2) is 6.61 Å². The lowest BCUT2D eigenvalue weighted by molar-refractivity contribution is -0.137. The van der Waals surface area contributed by atoms with Crippen molar-refractivity contribution in [3.63, 3.8) is 0 Å². The summed E-state index contributed by atoms with van der Waals surface area (Å²) in [6, 6.07) is 0.942. The van der Waals surface area contributed by atoms with E-state index in [0.29, 0.717) is 12.0 Å². The van der Waals surface area contributed by atoms with Gasteiger partial charge in [-0.1, -0.05) is 57.2 Å². The lowest BCUT2D eigenvalue weighted by atomic mass is 9.99. The molecule has 1 unspecified atom stereocenters. The van der Waals surface area contributed by atoms with Crippen LogP contribution in [0.2, 0.25) is 0 Å². The van der Waals surface area contributed by atoms with Crippen molar-refractivity contribution in [1.29, 1.82) is 0 Å². The summed E-state index contributed by atoms with van der Waals surface area (Å²) in [4.78, 5) is 27.8. The summed E-state index contributed by atoms with van der Waals surface area (Å²) in [5.41, 5.74) is 4.23. The van der Waals surface area contributed by atoms with Crippen LogP contribution in [0.3, 0.4) is 0 Å². The summed E-state index contributed by atoms with van der Waals surface area (Å²) in [6.45, 7) is 5.22. The van der Waals surface area contributed by atoms with E-state index in [1.165, 1.54) is 44.0 Å². The molecule has 2 rings (SSSR count). The zero-order valence-corrected chi connectivity index (χ0v) is 19.4. The number of aromatic nitrogens is 1. The van der Waals surface area contributed by atoms with Crippen molar-refractivity contribution in [1.82, 2.24) is 10.4 Å². The summed E-state index contributed by atoms with van der Waals surface area (Å²) in [5.74, 6) is 0.0309. The van der Waals surface area contributed by atoms with Gasteiger partial charge in [-0.05, 0) is 31.9 Å². The molecule has 0 bridgehead atoms. The first kappa shape index (κ1) is 26.0. The van der Waals surface area contributed by atoms with Crippen LogP contribution in [-0.4, -0.2) is 27.4 Å². The maximum absolute atomic E-state index is 12.7. The average Bonchev–Trinajstić information content (AvgIpc) is 3.00. The maximum Gasteiger partial charge on any atom is 0.417 e. The third-order valence-electron chi connectivity index (χ3n) is 5.19. The SMILES string of the molecule is CCCCCCCCC1(C)SC(=O)C=C1OCC(=O)NNc1ncc(C(F)(F)F)cc1C. The van der Waals surface area contributed by atoms with Crippen LogP contribution in [0.1, 0.15) is 69.9 Å². The molecule has 10 heteroatoms.